The van der Waals surface area contributed by atoms with Crippen LogP contribution in [0.5, 0.6) is 11.5 Å². The van der Waals surface area contributed by atoms with Gasteiger partial charge in [-0.15, -0.1) is 0 Å². The van der Waals surface area contributed by atoms with Crippen LogP contribution >= 0.6 is 15.9 Å². The smallest absolute Gasteiger partial charge is 0.329 e. The first-order valence-electron chi connectivity index (χ1n) is 10.7. The van der Waals surface area contributed by atoms with Crippen molar-refractivity contribution < 1.29 is 19.1 Å². The van der Waals surface area contributed by atoms with Gasteiger partial charge in [-0.1, -0.05) is 36.4 Å². The maximum Gasteiger partial charge on any atom is 0.329 e. The van der Waals surface area contributed by atoms with E-state index in [9.17, 15) is 9.59 Å². The number of hydrazone groups is 1. The van der Waals surface area contributed by atoms with E-state index in [4.69, 9.17) is 9.47 Å². The first-order chi connectivity index (χ1) is 16.4. The first kappa shape index (κ1) is 25.0. The van der Waals surface area contributed by atoms with Crippen LogP contribution in [-0.4, -0.2) is 24.6 Å². The van der Waals surface area contributed by atoms with Crippen molar-refractivity contribution in [1.29, 1.82) is 0 Å². The highest BCUT2D eigenvalue weighted by molar-refractivity contribution is 9.10. The molecule has 3 aromatic carbocycles. The fraction of sp³-hybridized carbons (Fsp3) is 0.192. The minimum atomic E-state index is -0.874. The second kappa shape index (κ2) is 12.0. The lowest BCUT2D eigenvalue weighted by Crippen LogP contribution is -2.32. The Balaban J connectivity index is 1.64. The van der Waals surface area contributed by atoms with Crippen molar-refractivity contribution in [1.82, 2.24) is 5.43 Å². The maximum atomic E-state index is 12.1. The van der Waals surface area contributed by atoms with Crippen molar-refractivity contribution in [2.24, 2.45) is 5.10 Å². The summed E-state index contributed by atoms with van der Waals surface area (Å²) in [6.07, 6.45) is 1.43. The van der Waals surface area contributed by atoms with E-state index in [0.29, 0.717) is 40.4 Å². The van der Waals surface area contributed by atoms with E-state index in [2.05, 4.69) is 31.8 Å². The third-order valence-corrected chi connectivity index (χ3v) is 5.50. The normalized spacial score (nSPS) is 10.7. The average Bonchev–Trinajstić information content (AvgIpc) is 2.81. The second-order valence-electron chi connectivity index (χ2n) is 7.49. The molecule has 0 aromatic heterocycles. The Labute approximate surface area is 207 Å². The van der Waals surface area contributed by atoms with Crippen LogP contribution in [0.3, 0.4) is 0 Å². The van der Waals surface area contributed by atoms with Crippen LogP contribution in [0.1, 0.15) is 29.2 Å². The highest BCUT2D eigenvalue weighted by Crippen LogP contribution is 2.37. The van der Waals surface area contributed by atoms with E-state index in [1.807, 2.05) is 57.2 Å². The Bertz CT molecular complexity index is 1200. The molecule has 34 heavy (non-hydrogen) atoms. The number of aryl methyl sites for hydroxylation is 2. The molecule has 0 radical (unpaired) electrons. The van der Waals surface area contributed by atoms with E-state index in [1.54, 1.807) is 24.3 Å². The molecule has 0 fully saturated rings. The first-order valence-corrected chi connectivity index (χ1v) is 11.5. The number of anilines is 1. The molecule has 0 saturated carbocycles. The van der Waals surface area contributed by atoms with Gasteiger partial charge in [0.25, 0.3) is 0 Å². The molecule has 3 rings (SSSR count). The van der Waals surface area contributed by atoms with Crippen LogP contribution < -0.4 is 20.2 Å². The van der Waals surface area contributed by atoms with Crippen molar-refractivity contribution in [3.05, 3.63) is 87.4 Å². The van der Waals surface area contributed by atoms with Crippen molar-refractivity contribution in [2.75, 3.05) is 11.9 Å². The maximum absolute atomic E-state index is 12.1. The number of nitrogens with zero attached hydrogens (tertiary/aromatic N) is 1. The van der Waals surface area contributed by atoms with E-state index in [1.165, 1.54) is 6.21 Å². The molecule has 0 atom stereocenters. The van der Waals surface area contributed by atoms with Crippen molar-refractivity contribution in [2.45, 2.75) is 27.4 Å². The van der Waals surface area contributed by atoms with Gasteiger partial charge in [0.15, 0.2) is 11.5 Å². The highest BCUT2D eigenvalue weighted by Gasteiger charge is 2.14. The van der Waals surface area contributed by atoms with Gasteiger partial charge in [0.05, 0.1) is 17.3 Å². The second-order valence-corrected chi connectivity index (χ2v) is 8.34. The molecule has 0 saturated heterocycles. The molecule has 2 N–H and O–H groups in total. The third-order valence-electron chi connectivity index (χ3n) is 4.91. The van der Waals surface area contributed by atoms with E-state index >= 15 is 0 Å². The Hall–Kier alpha value is -3.65. The van der Waals surface area contributed by atoms with Gasteiger partial charge in [0, 0.05) is 5.69 Å². The predicted molar refractivity (Wildman–Crippen MR) is 136 cm³/mol. The number of hydrogen-bond acceptors (Lipinski definition) is 5. The lowest BCUT2D eigenvalue weighted by atomic mass is 10.1. The quantitative estimate of drug-likeness (QED) is 0.243. The number of rotatable bonds is 8. The number of carbonyl (C=O) groups excluding carboxylic acids is 2. The van der Waals surface area contributed by atoms with Crippen molar-refractivity contribution >= 4 is 39.6 Å². The topological polar surface area (TPSA) is 89.0 Å². The molecule has 0 bridgehead atoms. The Morgan fingerprint density at radius 2 is 1.74 bits per heavy atom. The molecule has 0 aliphatic carbocycles. The van der Waals surface area contributed by atoms with Gasteiger partial charge in [0.2, 0.25) is 0 Å². The van der Waals surface area contributed by atoms with Gasteiger partial charge in [-0.05, 0) is 83.2 Å². The van der Waals surface area contributed by atoms with Crippen LogP contribution in [0.2, 0.25) is 0 Å². The highest BCUT2D eigenvalue weighted by atomic mass is 79.9. The Kier molecular flexibility index (Phi) is 8.81. The summed E-state index contributed by atoms with van der Waals surface area (Å²) in [7, 11) is 0. The van der Waals surface area contributed by atoms with Crippen LogP contribution in [0, 0.1) is 13.8 Å². The lowest BCUT2D eigenvalue weighted by molar-refractivity contribution is -0.136. The number of carbonyl (C=O) groups is 2. The van der Waals surface area contributed by atoms with Crippen molar-refractivity contribution in [3.63, 3.8) is 0 Å². The third kappa shape index (κ3) is 6.92. The molecule has 3 aromatic rings. The number of amides is 2. The summed E-state index contributed by atoms with van der Waals surface area (Å²) in [5.74, 6) is -0.574. The van der Waals surface area contributed by atoms with Gasteiger partial charge in [0.1, 0.15) is 6.61 Å². The summed E-state index contributed by atoms with van der Waals surface area (Å²) in [6.45, 7) is 6.62. The SMILES string of the molecule is CCOc1cc(C=NNC(=O)C(=O)Nc2ccc(C)c(C)c2)cc(Br)c1OCc1ccccc1. The molecular weight excluding hydrogens is 498 g/mol. The monoisotopic (exact) mass is 523 g/mol. The minimum Gasteiger partial charge on any atom is -0.490 e. The van der Waals surface area contributed by atoms with Gasteiger partial charge >= 0.3 is 11.8 Å². The van der Waals surface area contributed by atoms with E-state index in [-0.39, 0.29) is 0 Å². The summed E-state index contributed by atoms with van der Waals surface area (Å²) in [4.78, 5) is 24.2. The summed E-state index contributed by atoms with van der Waals surface area (Å²) >= 11 is 3.52. The Morgan fingerprint density at radius 3 is 2.44 bits per heavy atom. The molecule has 0 spiro atoms. The van der Waals surface area contributed by atoms with Gasteiger partial charge < -0.3 is 14.8 Å². The summed E-state index contributed by atoms with van der Waals surface area (Å²) in [5.41, 5.74) is 6.58. The number of benzene rings is 3. The number of nitrogens with one attached hydrogen (secondary N) is 2. The van der Waals surface area contributed by atoms with Crippen LogP contribution in [0.15, 0.2) is 70.2 Å². The summed E-state index contributed by atoms with van der Waals surface area (Å²) in [5, 5.41) is 6.46. The van der Waals surface area contributed by atoms with Crippen LogP contribution in [-0.2, 0) is 16.2 Å². The van der Waals surface area contributed by atoms with Gasteiger partial charge in [-0.25, -0.2) is 5.43 Å². The fourth-order valence-electron chi connectivity index (χ4n) is 3.02. The molecule has 176 valence electrons. The molecule has 8 heteroatoms. The predicted octanol–water partition coefficient (Wildman–Crippen LogP) is 5.13. The van der Waals surface area contributed by atoms with E-state index in [0.717, 1.165) is 16.7 Å². The average molecular weight is 524 g/mol. The number of halogens is 1. The molecular formula is C26H26BrN3O4. The number of hydrogen-bond donors (Lipinski definition) is 2. The van der Waals surface area contributed by atoms with Crippen LogP contribution in [0.4, 0.5) is 5.69 Å². The molecule has 0 aliphatic rings. The van der Waals surface area contributed by atoms with Gasteiger partial charge in [-0.3, -0.25) is 9.59 Å². The molecule has 0 aliphatic heterocycles. The van der Waals surface area contributed by atoms with Gasteiger partial charge in [-0.2, -0.15) is 5.10 Å². The zero-order valence-electron chi connectivity index (χ0n) is 19.2. The zero-order valence-corrected chi connectivity index (χ0v) is 20.8. The van der Waals surface area contributed by atoms with E-state index < -0.39 is 11.8 Å². The lowest BCUT2D eigenvalue weighted by Gasteiger charge is -2.14. The zero-order chi connectivity index (χ0) is 24.5. The molecule has 0 unspecified atom stereocenters. The van der Waals surface area contributed by atoms with Crippen LogP contribution in [0.25, 0.3) is 0 Å². The fourth-order valence-corrected chi connectivity index (χ4v) is 3.59. The summed E-state index contributed by atoms with van der Waals surface area (Å²) < 4.78 is 12.4. The molecule has 7 nitrogen and oxygen atoms in total. The number of ether oxygens (including phenoxy) is 2. The molecule has 0 heterocycles. The minimum absolute atomic E-state index is 0.388. The standard InChI is InChI=1S/C26H26BrN3O4/c1-4-33-23-14-20(13-22(27)24(23)34-16-19-8-6-5-7-9-19)15-28-30-26(32)25(31)29-21-11-10-17(2)18(3)12-21/h5-15H,4,16H2,1-3H3,(H,29,31)(H,30,32). The Morgan fingerprint density at radius 1 is 0.971 bits per heavy atom. The summed E-state index contributed by atoms with van der Waals surface area (Å²) in [6, 6.07) is 18.8. The van der Waals surface area contributed by atoms with Crippen molar-refractivity contribution in [3.8, 4) is 11.5 Å². The largest absolute Gasteiger partial charge is 0.490 e. The molecule has 2 amide bonds.